The summed E-state index contributed by atoms with van der Waals surface area (Å²) in [4.78, 5) is 24.1. The minimum absolute atomic E-state index is 0.0111. The van der Waals surface area contributed by atoms with E-state index in [1.165, 1.54) is 25.2 Å². The number of amides is 2. The van der Waals surface area contributed by atoms with Crippen LogP contribution in [0.3, 0.4) is 0 Å². The molecule has 0 atom stereocenters. The Kier molecular flexibility index (Phi) is 3.74. The molecule has 2 N–H and O–H groups in total. The average molecular weight is 247 g/mol. The normalized spacial score (nSPS) is 20.1. The Labute approximate surface area is 99.1 Å². The van der Waals surface area contributed by atoms with Crippen LogP contribution in [0.15, 0.2) is 0 Å². The first-order chi connectivity index (χ1) is 7.64. The molecule has 0 bridgehead atoms. The first-order valence-corrected chi connectivity index (χ1v) is 5.47. The SMILES string of the molecule is CC(C)([CH]C(=O)N1CCC(F)(F)CC1)C(N)=O. The van der Waals surface area contributed by atoms with E-state index in [1.807, 2.05) is 0 Å². The molecule has 1 heterocycles. The second-order valence-corrected chi connectivity index (χ2v) is 4.91. The van der Waals surface area contributed by atoms with Gasteiger partial charge < -0.3 is 10.6 Å². The highest BCUT2D eigenvalue weighted by Gasteiger charge is 2.37. The van der Waals surface area contributed by atoms with Crippen molar-refractivity contribution in [1.29, 1.82) is 0 Å². The first kappa shape index (κ1) is 13.9. The lowest BCUT2D eigenvalue weighted by Gasteiger charge is -2.33. The lowest BCUT2D eigenvalue weighted by atomic mass is 9.87. The summed E-state index contributed by atoms with van der Waals surface area (Å²) >= 11 is 0. The Morgan fingerprint density at radius 2 is 1.76 bits per heavy atom. The van der Waals surface area contributed by atoms with Crippen molar-refractivity contribution in [3.05, 3.63) is 6.42 Å². The van der Waals surface area contributed by atoms with Gasteiger partial charge in [0.25, 0.3) is 5.92 Å². The Bertz CT molecular complexity index is 319. The van der Waals surface area contributed by atoms with E-state index in [2.05, 4.69) is 0 Å². The van der Waals surface area contributed by atoms with Gasteiger partial charge in [0, 0.05) is 25.9 Å². The Morgan fingerprint density at radius 3 is 2.18 bits per heavy atom. The molecule has 4 nitrogen and oxygen atoms in total. The molecule has 0 saturated carbocycles. The zero-order valence-corrected chi connectivity index (χ0v) is 10.0. The summed E-state index contributed by atoms with van der Waals surface area (Å²) < 4.78 is 25.8. The second kappa shape index (κ2) is 4.58. The van der Waals surface area contributed by atoms with Crippen LogP contribution in [0.25, 0.3) is 0 Å². The van der Waals surface area contributed by atoms with Crippen LogP contribution in [-0.2, 0) is 9.59 Å². The van der Waals surface area contributed by atoms with Crippen molar-refractivity contribution in [3.8, 4) is 0 Å². The summed E-state index contributed by atoms with van der Waals surface area (Å²) in [6, 6.07) is 0. The molecule has 1 saturated heterocycles. The summed E-state index contributed by atoms with van der Waals surface area (Å²) in [6.45, 7) is 3.06. The average Bonchev–Trinajstić information content (AvgIpc) is 2.16. The predicted octanol–water partition coefficient (Wildman–Crippen LogP) is 0.960. The molecule has 1 rings (SSSR count). The summed E-state index contributed by atoms with van der Waals surface area (Å²) in [5.74, 6) is -3.71. The van der Waals surface area contributed by atoms with Crippen LogP contribution in [0.2, 0.25) is 0 Å². The number of rotatable bonds is 3. The van der Waals surface area contributed by atoms with Crippen LogP contribution in [-0.4, -0.2) is 35.7 Å². The van der Waals surface area contributed by atoms with Crippen molar-refractivity contribution in [2.24, 2.45) is 11.1 Å². The maximum Gasteiger partial charge on any atom is 0.251 e. The van der Waals surface area contributed by atoms with E-state index < -0.39 is 23.2 Å². The zero-order valence-electron chi connectivity index (χ0n) is 10.0. The Balaban J connectivity index is 2.53. The molecule has 0 spiro atoms. The lowest BCUT2D eigenvalue weighted by Crippen LogP contribution is -2.45. The molecule has 0 aromatic heterocycles. The van der Waals surface area contributed by atoms with E-state index in [-0.39, 0.29) is 25.9 Å². The van der Waals surface area contributed by atoms with E-state index in [9.17, 15) is 18.4 Å². The number of hydrogen-bond donors (Lipinski definition) is 1. The van der Waals surface area contributed by atoms with Gasteiger partial charge in [0.05, 0.1) is 11.8 Å². The third-order valence-electron chi connectivity index (χ3n) is 2.93. The third-order valence-corrected chi connectivity index (χ3v) is 2.93. The van der Waals surface area contributed by atoms with Gasteiger partial charge in [-0.2, -0.15) is 0 Å². The number of halogens is 2. The molecule has 0 aliphatic carbocycles. The maximum absolute atomic E-state index is 12.9. The van der Waals surface area contributed by atoms with Gasteiger partial charge in [0.15, 0.2) is 0 Å². The molecule has 2 amide bonds. The van der Waals surface area contributed by atoms with Gasteiger partial charge in [-0.15, -0.1) is 0 Å². The van der Waals surface area contributed by atoms with Crippen LogP contribution in [0.1, 0.15) is 26.7 Å². The molecule has 6 heteroatoms. The molecule has 0 unspecified atom stereocenters. The van der Waals surface area contributed by atoms with Crippen molar-refractivity contribution in [1.82, 2.24) is 4.90 Å². The second-order valence-electron chi connectivity index (χ2n) is 4.91. The number of alkyl halides is 2. The van der Waals surface area contributed by atoms with Gasteiger partial charge in [-0.25, -0.2) is 8.78 Å². The predicted molar refractivity (Wildman–Crippen MR) is 58.0 cm³/mol. The highest BCUT2D eigenvalue weighted by molar-refractivity contribution is 5.94. The number of carbonyl (C=O) groups is 2. The van der Waals surface area contributed by atoms with E-state index in [0.717, 1.165) is 0 Å². The van der Waals surface area contributed by atoms with Crippen molar-refractivity contribution in [2.75, 3.05) is 13.1 Å². The first-order valence-electron chi connectivity index (χ1n) is 5.47. The van der Waals surface area contributed by atoms with Crippen LogP contribution in [0.4, 0.5) is 8.78 Å². The minimum Gasteiger partial charge on any atom is -0.369 e. The van der Waals surface area contributed by atoms with Gasteiger partial charge in [-0.3, -0.25) is 9.59 Å². The molecule has 0 aromatic carbocycles. The Morgan fingerprint density at radius 1 is 1.29 bits per heavy atom. The Hall–Kier alpha value is -1.20. The van der Waals surface area contributed by atoms with E-state index in [4.69, 9.17) is 5.73 Å². The van der Waals surface area contributed by atoms with Crippen LogP contribution < -0.4 is 5.73 Å². The molecule has 1 aliphatic heterocycles. The smallest absolute Gasteiger partial charge is 0.251 e. The summed E-state index contributed by atoms with van der Waals surface area (Å²) in [5, 5.41) is 0. The van der Waals surface area contributed by atoms with Gasteiger partial charge in [0.2, 0.25) is 11.8 Å². The molecule has 1 fully saturated rings. The fraction of sp³-hybridized carbons (Fsp3) is 0.727. The highest BCUT2D eigenvalue weighted by atomic mass is 19.3. The van der Waals surface area contributed by atoms with Gasteiger partial charge >= 0.3 is 0 Å². The summed E-state index contributed by atoms with van der Waals surface area (Å²) in [5.41, 5.74) is 4.07. The number of hydrogen-bond acceptors (Lipinski definition) is 2. The van der Waals surface area contributed by atoms with E-state index in [0.29, 0.717) is 0 Å². The standard InChI is InChI=1S/C11H17F2N2O2/c1-10(2,9(14)17)7-8(16)15-5-3-11(12,13)4-6-15/h7H,3-6H2,1-2H3,(H2,14,17). The number of likely N-dealkylation sites (tertiary alicyclic amines) is 1. The fourth-order valence-corrected chi connectivity index (χ4v) is 1.53. The van der Waals surface area contributed by atoms with E-state index >= 15 is 0 Å². The van der Waals surface area contributed by atoms with Crippen LogP contribution in [0, 0.1) is 11.8 Å². The van der Waals surface area contributed by atoms with E-state index in [1.54, 1.807) is 0 Å². The third kappa shape index (κ3) is 3.64. The van der Waals surface area contributed by atoms with Crippen molar-refractivity contribution in [3.63, 3.8) is 0 Å². The number of primary amides is 1. The monoisotopic (exact) mass is 247 g/mol. The molecule has 97 valence electrons. The summed E-state index contributed by atoms with van der Waals surface area (Å²) in [6.07, 6.45) is 0.534. The summed E-state index contributed by atoms with van der Waals surface area (Å²) in [7, 11) is 0. The quantitative estimate of drug-likeness (QED) is 0.807. The highest BCUT2D eigenvalue weighted by Crippen LogP contribution is 2.29. The molecule has 17 heavy (non-hydrogen) atoms. The van der Waals surface area contributed by atoms with Crippen LogP contribution in [0.5, 0.6) is 0 Å². The van der Waals surface area contributed by atoms with Crippen molar-refractivity contribution < 1.29 is 18.4 Å². The molecular weight excluding hydrogens is 230 g/mol. The molecule has 0 aromatic rings. The molecule has 1 radical (unpaired) electrons. The number of carbonyl (C=O) groups excluding carboxylic acids is 2. The molecule has 1 aliphatic rings. The number of nitrogens with zero attached hydrogens (tertiary/aromatic N) is 1. The fourth-order valence-electron chi connectivity index (χ4n) is 1.53. The number of piperidine rings is 1. The minimum atomic E-state index is -2.68. The zero-order chi connectivity index (χ0) is 13.3. The lowest BCUT2D eigenvalue weighted by molar-refractivity contribution is -0.137. The topological polar surface area (TPSA) is 63.4 Å². The largest absolute Gasteiger partial charge is 0.369 e. The van der Waals surface area contributed by atoms with Gasteiger partial charge in [-0.1, -0.05) is 13.8 Å². The molecular formula is C11H17F2N2O2. The number of nitrogens with two attached hydrogens (primary N) is 1. The van der Waals surface area contributed by atoms with Crippen molar-refractivity contribution >= 4 is 11.8 Å². The van der Waals surface area contributed by atoms with Gasteiger partial charge in [-0.05, 0) is 0 Å². The van der Waals surface area contributed by atoms with Crippen molar-refractivity contribution in [2.45, 2.75) is 32.6 Å². The van der Waals surface area contributed by atoms with Crippen LogP contribution >= 0.6 is 0 Å². The maximum atomic E-state index is 12.9. The van der Waals surface area contributed by atoms with Gasteiger partial charge in [0.1, 0.15) is 0 Å².